The molecule has 2 bridgehead atoms. The van der Waals surface area contributed by atoms with Crippen LogP contribution in [0.3, 0.4) is 0 Å². The summed E-state index contributed by atoms with van der Waals surface area (Å²) >= 11 is 0. The predicted molar refractivity (Wildman–Crippen MR) is 118 cm³/mol. The lowest BCUT2D eigenvalue weighted by molar-refractivity contribution is -0.124. The van der Waals surface area contributed by atoms with Gasteiger partial charge in [-0.1, -0.05) is 29.8 Å². The van der Waals surface area contributed by atoms with Crippen molar-refractivity contribution in [1.29, 1.82) is 0 Å². The highest BCUT2D eigenvalue weighted by atomic mass is 16.2. The van der Waals surface area contributed by atoms with E-state index in [4.69, 9.17) is 0 Å². The van der Waals surface area contributed by atoms with Crippen molar-refractivity contribution in [2.75, 3.05) is 10.2 Å². The topological polar surface area (TPSA) is 66.5 Å². The minimum atomic E-state index is -0.214. The van der Waals surface area contributed by atoms with Crippen LogP contribution in [0.1, 0.15) is 27.9 Å². The summed E-state index contributed by atoms with van der Waals surface area (Å²) in [5.74, 6) is 0.812. The number of benzene rings is 2. The summed E-state index contributed by atoms with van der Waals surface area (Å²) < 4.78 is 0. The van der Waals surface area contributed by atoms with Gasteiger partial charge in [-0.05, 0) is 79.8 Å². The van der Waals surface area contributed by atoms with Gasteiger partial charge in [-0.15, -0.1) is 0 Å². The Hall–Kier alpha value is -3.21. The third kappa shape index (κ3) is 2.65. The second-order valence-electron chi connectivity index (χ2n) is 9.49. The molecular formula is C26H24N2O3. The maximum atomic E-state index is 13.2. The summed E-state index contributed by atoms with van der Waals surface area (Å²) in [6.07, 6.45) is 5.50. The molecule has 0 unspecified atom stereocenters. The van der Waals surface area contributed by atoms with Crippen molar-refractivity contribution in [3.05, 3.63) is 71.3 Å². The molecule has 0 radical (unpaired) electrons. The fourth-order valence-corrected chi connectivity index (χ4v) is 6.12. The van der Waals surface area contributed by atoms with E-state index in [1.54, 1.807) is 24.3 Å². The Morgan fingerprint density at radius 3 is 2.10 bits per heavy atom. The van der Waals surface area contributed by atoms with Gasteiger partial charge in [0, 0.05) is 11.3 Å². The van der Waals surface area contributed by atoms with Crippen molar-refractivity contribution in [2.45, 2.75) is 20.3 Å². The van der Waals surface area contributed by atoms with E-state index in [1.165, 1.54) is 4.90 Å². The van der Waals surface area contributed by atoms with Crippen LogP contribution in [0.4, 0.5) is 11.4 Å². The highest BCUT2D eigenvalue weighted by Gasteiger charge is 2.67. The van der Waals surface area contributed by atoms with Gasteiger partial charge in [0.25, 0.3) is 5.91 Å². The SMILES string of the molecule is Cc1ccc(NC(=O)c2ccc(N3C(=O)[C@H]4[C@@H]5C=C[C@H]([C@H]6C[C@H]56)[C@@H]4C3=O)cc2)c(C)c1. The maximum Gasteiger partial charge on any atom is 0.255 e. The number of hydrogen-bond acceptors (Lipinski definition) is 3. The van der Waals surface area contributed by atoms with Gasteiger partial charge in [0.2, 0.25) is 11.8 Å². The smallest absolute Gasteiger partial charge is 0.255 e. The third-order valence-corrected chi connectivity index (χ3v) is 7.68. The molecule has 1 heterocycles. The highest BCUT2D eigenvalue weighted by molar-refractivity contribution is 6.22. The zero-order valence-electron chi connectivity index (χ0n) is 17.5. The van der Waals surface area contributed by atoms with Gasteiger partial charge >= 0.3 is 0 Å². The molecule has 4 aliphatic carbocycles. The van der Waals surface area contributed by atoms with Crippen LogP contribution in [0, 0.1) is 49.4 Å². The zero-order valence-corrected chi connectivity index (χ0v) is 17.5. The third-order valence-electron chi connectivity index (χ3n) is 7.68. The number of hydrogen-bond donors (Lipinski definition) is 1. The van der Waals surface area contributed by atoms with E-state index >= 15 is 0 Å². The Bertz CT molecular complexity index is 1130. The lowest BCUT2D eigenvalue weighted by Gasteiger charge is -2.37. The summed E-state index contributed by atoms with van der Waals surface area (Å²) in [5.41, 5.74) is 3.96. The zero-order chi connectivity index (χ0) is 21.4. The molecule has 5 heteroatoms. The largest absolute Gasteiger partial charge is 0.322 e. The van der Waals surface area contributed by atoms with E-state index in [0.29, 0.717) is 23.1 Å². The molecule has 3 fully saturated rings. The van der Waals surface area contributed by atoms with Crippen molar-refractivity contribution in [1.82, 2.24) is 0 Å². The fraction of sp³-hybridized carbons (Fsp3) is 0.346. The van der Waals surface area contributed by atoms with Crippen molar-refractivity contribution < 1.29 is 14.4 Å². The molecule has 1 N–H and O–H groups in total. The first-order valence-corrected chi connectivity index (χ1v) is 11.0. The fourth-order valence-electron chi connectivity index (χ4n) is 6.12. The number of allylic oxidation sites excluding steroid dienone is 2. The average molecular weight is 412 g/mol. The molecule has 0 aromatic heterocycles. The van der Waals surface area contributed by atoms with E-state index in [1.807, 2.05) is 32.0 Å². The number of nitrogens with zero attached hydrogens (tertiary/aromatic N) is 1. The molecule has 1 aliphatic heterocycles. The standard InChI is InChI=1S/C26H24N2O3/c1-13-3-10-21(14(2)11-13)27-24(29)15-4-6-16(7-5-15)28-25(30)22-17-8-9-18(20-12-19(17)20)23(22)26(28)31/h3-11,17-20,22-23H,12H2,1-2H3,(H,27,29)/t17-,18-,19-,20-,22+,23+/m1/s1. The lowest BCUT2D eigenvalue weighted by Crippen LogP contribution is -2.40. The van der Waals surface area contributed by atoms with Gasteiger partial charge in [0.15, 0.2) is 0 Å². The molecule has 5 nitrogen and oxygen atoms in total. The van der Waals surface area contributed by atoms with Gasteiger partial charge in [-0.3, -0.25) is 19.3 Å². The number of carbonyl (C=O) groups is 3. The first kappa shape index (κ1) is 18.6. The van der Waals surface area contributed by atoms with Crippen LogP contribution in [-0.4, -0.2) is 17.7 Å². The van der Waals surface area contributed by atoms with Crippen molar-refractivity contribution >= 4 is 29.1 Å². The molecule has 2 saturated carbocycles. The summed E-state index contributed by atoms with van der Waals surface area (Å²) in [4.78, 5) is 40.5. The molecule has 156 valence electrons. The minimum Gasteiger partial charge on any atom is -0.322 e. The first-order valence-electron chi connectivity index (χ1n) is 11.0. The Kier molecular flexibility index (Phi) is 3.83. The Morgan fingerprint density at radius 1 is 0.903 bits per heavy atom. The highest BCUT2D eigenvalue weighted by Crippen LogP contribution is 2.65. The molecule has 7 rings (SSSR count). The quantitative estimate of drug-likeness (QED) is 0.609. The van der Waals surface area contributed by atoms with Gasteiger partial charge in [-0.25, -0.2) is 0 Å². The van der Waals surface area contributed by atoms with Crippen LogP contribution in [-0.2, 0) is 9.59 Å². The van der Waals surface area contributed by atoms with Crippen molar-refractivity contribution in [2.24, 2.45) is 35.5 Å². The Balaban J connectivity index is 1.23. The Morgan fingerprint density at radius 2 is 1.52 bits per heavy atom. The second-order valence-corrected chi connectivity index (χ2v) is 9.49. The van der Waals surface area contributed by atoms with Crippen LogP contribution in [0.2, 0.25) is 0 Å². The van der Waals surface area contributed by atoms with E-state index in [2.05, 4.69) is 17.5 Å². The van der Waals surface area contributed by atoms with Gasteiger partial charge < -0.3 is 5.32 Å². The number of anilines is 2. The minimum absolute atomic E-state index is 0.0767. The summed E-state index contributed by atoms with van der Waals surface area (Å²) in [6.45, 7) is 3.97. The first-order chi connectivity index (χ1) is 14.9. The molecule has 3 amide bonds. The lowest BCUT2D eigenvalue weighted by atomic mass is 9.63. The summed E-state index contributed by atoms with van der Waals surface area (Å²) in [5, 5.41) is 2.94. The number of rotatable bonds is 3. The van der Waals surface area contributed by atoms with Crippen LogP contribution < -0.4 is 10.2 Å². The number of nitrogens with one attached hydrogen (secondary N) is 1. The summed E-state index contributed by atoms with van der Waals surface area (Å²) in [6, 6.07) is 12.7. The molecule has 1 saturated heterocycles. The monoisotopic (exact) mass is 412 g/mol. The maximum absolute atomic E-state index is 13.2. The summed E-state index contributed by atoms with van der Waals surface area (Å²) in [7, 11) is 0. The second kappa shape index (κ2) is 6.39. The normalized spacial score (nSPS) is 32.1. The van der Waals surface area contributed by atoms with E-state index in [9.17, 15) is 14.4 Å². The molecule has 6 atom stereocenters. The van der Waals surface area contributed by atoms with Gasteiger partial charge in [0.05, 0.1) is 17.5 Å². The molecule has 2 aromatic carbocycles. The van der Waals surface area contributed by atoms with Crippen LogP contribution in [0.15, 0.2) is 54.6 Å². The number of carbonyl (C=O) groups excluding carboxylic acids is 3. The molecule has 31 heavy (non-hydrogen) atoms. The number of amides is 3. The Labute approximate surface area is 181 Å². The molecule has 5 aliphatic rings. The average Bonchev–Trinajstić information content (AvgIpc) is 3.54. The molecule has 2 aromatic rings. The van der Waals surface area contributed by atoms with Crippen molar-refractivity contribution in [3.8, 4) is 0 Å². The van der Waals surface area contributed by atoms with Crippen LogP contribution >= 0.6 is 0 Å². The van der Waals surface area contributed by atoms with Crippen LogP contribution in [0.25, 0.3) is 0 Å². The van der Waals surface area contributed by atoms with Gasteiger partial charge in [-0.2, -0.15) is 0 Å². The van der Waals surface area contributed by atoms with E-state index in [0.717, 1.165) is 23.2 Å². The van der Waals surface area contributed by atoms with Crippen LogP contribution in [0.5, 0.6) is 0 Å². The number of aryl methyl sites for hydroxylation is 2. The van der Waals surface area contributed by atoms with Gasteiger partial charge in [0.1, 0.15) is 0 Å². The number of imide groups is 1. The van der Waals surface area contributed by atoms with Crippen molar-refractivity contribution in [3.63, 3.8) is 0 Å². The molecule has 0 spiro atoms. The molecular weight excluding hydrogens is 388 g/mol. The predicted octanol–water partition coefficient (Wildman–Crippen LogP) is 4.11. The van der Waals surface area contributed by atoms with E-state index < -0.39 is 0 Å². The van der Waals surface area contributed by atoms with E-state index in [-0.39, 0.29) is 41.4 Å².